The number of ether oxygens (including phenoxy) is 3. The summed E-state index contributed by atoms with van der Waals surface area (Å²) in [6.45, 7) is 2.56. The molecule has 0 spiro atoms. The fraction of sp³-hybridized carbons (Fsp3) is 0.160. The first-order valence-corrected chi connectivity index (χ1v) is 9.74. The van der Waals surface area contributed by atoms with E-state index in [-0.39, 0.29) is 0 Å². The number of rotatable bonds is 8. The zero-order valence-electron chi connectivity index (χ0n) is 17.1. The smallest absolute Gasteiger partial charge is 0.411 e. The highest BCUT2D eigenvalue weighted by molar-refractivity contribution is 5.89. The van der Waals surface area contributed by atoms with E-state index < -0.39 is 6.09 Å². The summed E-state index contributed by atoms with van der Waals surface area (Å²) in [6, 6.07) is 25.1. The van der Waals surface area contributed by atoms with Gasteiger partial charge in [0.15, 0.2) is 0 Å². The van der Waals surface area contributed by atoms with Gasteiger partial charge in [0, 0.05) is 0 Å². The Kier molecular flexibility index (Phi) is 7.50. The van der Waals surface area contributed by atoms with Crippen molar-refractivity contribution in [3.8, 4) is 11.5 Å². The summed E-state index contributed by atoms with van der Waals surface area (Å²) in [5, 5.41) is 2.82. The first-order chi connectivity index (χ1) is 14.7. The standard InChI is InChI=1S/C25H25NO4/c1-3-29-25(27)26-24(17-19-9-13-22(28-2)14-10-19)21-11-15-23(16-12-21)30-18-20-7-5-4-6-8-20/h4-17H,3,18H2,1-2H3,(H,26,27)/b24-17+. The highest BCUT2D eigenvalue weighted by Crippen LogP contribution is 2.22. The van der Waals surface area contributed by atoms with Gasteiger partial charge in [-0.2, -0.15) is 0 Å². The zero-order valence-corrected chi connectivity index (χ0v) is 17.1. The van der Waals surface area contributed by atoms with E-state index in [9.17, 15) is 4.79 Å². The summed E-state index contributed by atoms with van der Waals surface area (Å²) in [5.74, 6) is 1.52. The normalized spacial score (nSPS) is 10.9. The minimum atomic E-state index is -0.498. The molecule has 0 radical (unpaired) electrons. The van der Waals surface area contributed by atoms with Crippen LogP contribution in [0.4, 0.5) is 4.79 Å². The highest BCUT2D eigenvalue weighted by atomic mass is 16.5. The van der Waals surface area contributed by atoms with Crippen molar-refractivity contribution in [2.45, 2.75) is 13.5 Å². The lowest BCUT2D eigenvalue weighted by atomic mass is 10.1. The minimum absolute atomic E-state index is 0.300. The average Bonchev–Trinajstić information content (AvgIpc) is 2.79. The molecule has 0 aromatic heterocycles. The quantitative estimate of drug-likeness (QED) is 0.503. The monoisotopic (exact) mass is 403 g/mol. The van der Waals surface area contributed by atoms with E-state index in [1.165, 1.54) is 0 Å². The van der Waals surface area contributed by atoms with Crippen molar-refractivity contribution >= 4 is 17.9 Å². The van der Waals surface area contributed by atoms with Crippen LogP contribution >= 0.6 is 0 Å². The molecule has 0 fully saturated rings. The lowest BCUT2D eigenvalue weighted by molar-refractivity contribution is 0.157. The topological polar surface area (TPSA) is 56.8 Å². The first-order valence-electron chi connectivity index (χ1n) is 9.74. The van der Waals surface area contributed by atoms with Crippen LogP contribution in [0.5, 0.6) is 11.5 Å². The van der Waals surface area contributed by atoms with Crippen LogP contribution < -0.4 is 14.8 Å². The third-order valence-electron chi connectivity index (χ3n) is 4.35. The maximum absolute atomic E-state index is 12.0. The fourth-order valence-electron chi connectivity index (χ4n) is 2.81. The fourth-order valence-corrected chi connectivity index (χ4v) is 2.81. The molecule has 0 atom stereocenters. The second-order valence-electron chi connectivity index (χ2n) is 6.48. The molecule has 0 aliphatic heterocycles. The molecular weight excluding hydrogens is 378 g/mol. The van der Waals surface area contributed by atoms with Gasteiger partial charge in [-0.3, -0.25) is 5.32 Å². The van der Waals surface area contributed by atoms with Crippen LogP contribution in [0.3, 0.4) is 0 Å². The molecule has 154 valence electrons. The van der Waals surface area contributed by atoms with Gasteiger partial charge in [-0.05, 0) is 66.1 Å². The van der Waals surface area contributed by atoms with Crippen LogP contribution in [0.25, 0.3) is 11.8 Å². The van der Waals surface area contributed by atoms with Crippen molar-refractivity contribution in [1.29, 1.82) is 0 Å². The predicted octanol–water partition coefficient (Wildman–Crippen LogP) is 5.52. The summed E-state index contributed by atoms with van der Waals surface area (Å²) in [5.41, 5.74) is 3.50. The Hall–Kier alpha value is -3.73. The van der Waals surface area contributed by atoms with Crippen LogP contribution in [-0.2, 0) is 11.3 Å². The summed E-state index contributed by atoms with van der Waals surface area (Å²) < 4.78 is 16.1. The summed E-state index contributed by atoms with van der Waals surface area (Å²) in [7, 11) is 1.63. The molecule has 3 aromatic carbocycles. The molecule has 5 nitrogen and oxygen atoms in total. The van der Waals surface area contributed by atoms with Crippen molar-refractivity contribution in [2.24, 2.45) is 0 Å². The van der Waals surface area contributed by atoms with Gasteiger partial charge in [0.05, 0.1) is 19.4 Å². The van der Waals surface area contributed by atoms with Gasteiger partial charge in [0.1, 0.15) is 18.1 Å². The van der Waals surface area contributed by atoms with Crippen LogP contribution in [0.1, 0.15) is 23.6 Å². The third kappa shape index (κ3) is 6.14. The highest BCUT2D eigenvalue weighted by Gasteiger charge is 2.09. The summed E-state index contributed by atoms with van der Waals surface area (Å²) >= 11 is 0. The number of carbonyl (C=O) groups is 1. The first kappa shape index (κ1) is 21.0. The number of hydrogen-bond acceptors (Lipinski definition) is 4. The van der Waals surface area contributed by atoms with E-state index in [2.05, 4.69) is 5.32 Å². The molecule has 0 aliphatic carbocycles. The number of nitrogens with one attached hydrogen (secondary N) is 1. The van der Waals surface area contributed by atoms with Crippen LogP contribution in [0.2, 0.25) is 0 Å². The van der Waals surface area contributed by atoms with Gasteiger partial charge in [-0.1, -0.05) is 42.5 Å². The number of carbonyl (C=O) groups excluding carboxylic acids is 1. The Labute approximate surface area is 176 Å². The maximum atomic E-state index is 12.0. The van der Waals surface area contributed by atoms with Gasteiger partial charge in [-0.15, -0.1) is 0 Å². The molecule has 0 heterocycles. The molecule has 0 unspecified atom stereocenters. The van der Waals surface area contributed by atoms with Gasteiger partial charge >= 0.3 is 6.09 Å². The van der Waals surface area contributed by atoms with Gasteiger partial charge in [0.25, 0.3) is 0 Å². The SMILES string of the molecule is CCOC(=O)N/C(=C/c1ccc(OC)cc1)c1ccc(OCc2ccccc2)cc1. The number of hydrogen-bond donors (Lipinski definition) is 1. The Balaban J connectivity index is 1.77. The molecule has 0 aliphatic rings. The van der Waals surface area contributed by atoms with Crippen molar-refractivity contribution in [2.75, 3.05) is 13.7 Å². The molecule has 0 saturated heterocycles. The Bertz CT molecular complexity index is 964. The molecule has 0 bridgehead atoms. The molecule has 3 aromatic rings. The minimum Gasteiger partial charge on any atom is -0.497 e. The largest absolute Gasteiger partial charge is 0.497 e. The van der Waals surface area contributed by atoms with Gasteiger partial charge in [0.2, 0.25) is 0 Å². The van der Waals surface area contributed by atoms with Crippen molar-refractivity contribution in [3.05, 3.63) is 95.6 Å². The lowest BCUT2D eigenvalue weighted by Gasteiger charge is -2.12. The number of benzene rings is 3. The maximum Gasteiger partial charge on any atom is 0.411 e. The van der Waals surface area contributed by atoms with E-state index in [0.717, 1.165) is 28.2 Å². The van der Waals surface area contributed by atoms with E-state index >= 15 is 0 Å². The Morgan fingerprint density at radius 1 is 0.900 bits per heavy atom. The Morgan fingerprint density at radius 2 is 1.57 bits per heavy atom. The van der Waals surface area contributed by atoms with Gasteiger partial charge in [-0.25, -0.2) is 4.79 Å². The predicted molar refractivity (Wildman–Crippen MR) is 118 cm³/mol. The van der Waals surface area contributed by atoms with Crippen molar-refractivity contribution in [3.63, 3.8) is 0 Å². The van der Waals surface area contributed by atoms with Crippen LogP contribution in [0, 0.1) is 0 Å². The Morgan fingerprint density at radius 3 is 2.20 bits per heavy atom. The second kappa shape index (κ2) is 10.7. The number of amides is 1. The molecule has 1 amide bonds. The van der Waals surface area contributed by atoms with Crippen LogP contribution in [0.15, 0.2) is 78.9 Å². The van der Waals surface area contributed by atoms with E-state index in [1.807, 2.05) is 84.9 Å². The lowest BCUT2D eigenvalue weighted by Crippen LogP contribution is -2.22. The van der Waals surface area contributed by atoms with E-state index in [0.29, 0.717) is 18.9 Å². The van der Waals surface area contributed by atoms with Gasteiger partial charge < -0.3 is 14.2 Å². The molecule has 0 saturated carbocycles. The van der Waals surface area contributed by atoms with Crippen LogP contribution in [-0.4, -0.2) is 19.8 Å². The second-order valence-corrected chi connectivity index (χ2v) is 6.48. The summed E-state index contributed by atoms with van der Waals surface area (Å²) in [4.78, 5) is 12.0. The molecular formula is C25H25NO4. The zero-order chi connectivity index (χ0) is 21.2. The van der Waals surface area contributed by atoms with Crippen molar-refractivity contribution < 1.29 is 19.0 Å². The number of methoxy groups -OCH3 is 1. The van der Waals surface area contributed by atoms with E-state index in [1.54, 1.807) is 14.0 Å². The van der Waals surface area contributed by atoms with Crippen molar-refractivity contribution in [1.82, 2.24) is 5.32 Å². The van der Waals surface area contributed by atoms with E-state index in [4.69, 9.17) is 14.2 Å². The molecule has 1 N–H and O–H groups in total. The molecule has 3 rings (SSSR count). The molecule has 5 heteroatoms. The average molecular weight is 403 g/mol. The third-order valence-corrected chi connectivity index (χ3v) is 4.35. The number of alkyl carbamates (subject to hydrolysis) is 1. The summed E-state index contributed by atoms with van der Waals surface area (Å²) in [6.07, 6.45) is 1.39. The molecule has 30 heavy (non-hydrogen) atoms.